The van der Waals surface area contributed by atoms with Crippen LogP contribution in [0.4, 0.5) is 5.69 Å². The van der Waals surface area contributed by atoms with E-state index >= 15 is 0 Å². The Balaban J connectivity index is 1.30. The third-order valence-electron chi connectivity index (χ3n) is 9.79. The number of methoxy groups -OCH3 is 2. The van der Waals surface area contributed by atoms with Gasteiger partial charge in [0.05, 0.1) is 32.8 Å². The number of benzene rings is 3. The van der Waals surface area contributed by atoms with E-state index in [1.807, 2.05) is 12.1 Å². The average molecular weight is 622 g/mol. The number of aliphatic hydroxyl groups excluding tert-OH is 3. The van der Waals surface area contributed by atoms with E-state index in [0.29, 0.717) is 45.4 Å². The van der Waals surface area contributed by atoms with Crippen molar-refractivity contribution in [1.82, 2.24) is 0 Å². The van der Waals surface area contributed by atoms with Crippen LogP contribution in [0.3, 0.4) is 0 Å². The van der Waals surface area contributed by atoms with Gasteiger partial charge in [-0.3, -0.25) is 0 Å². The van der Waals surface area contributed by atoms with Gasteiger partial charge in [0.2, 0.25) is 5.75 Å². The zero-order valence-electron chi connectivity index (χ0n) is 24.2. The highest BCUT2D eigenvalue weighted by atomic mass is 16.7. The van der Waals surface area contributed by atoms with Gasteiger partial charge >= 0.3 is 5.97 Å². The third-order valence-corrected chi connectivity index (χ3v) is 9.79. The zero-order valence-corrected chi connectivity index (χ0v) is 24.2. The number of rotatable bonds is 4. The Morgan fingerprint density at radius 1 is 1.04 bits per heavy atom. The summed E-state index contributed by atoms with van der Waals surface area (Å²) in [7, 11) is 3.09. The van der Waals surface area contributed by atoms with E-state index < -0.39 is 47.8 Å². The largest absolute Gasteiger partial charge is 0.508 e. The van der Waals surface area contributed by atoms with Crippen molar-refractivity contribution < 1.29 is 58.7 Å². The van der Waals surface area contributed by atoms with Gasteiger partial charge in [-0.05, 0) is 48.2 Å². The van der Waals surface area contributed by atoms with Crippen LogP contribution >= 0.6 is 0 Å². The fourth-order valence-corrected chi connectivity index (χ4v) is 7.60. The van der Waals surface area contributed by atoms with Crippen LogP contribution in [0.5, 0.6) is 34.5 Å². The lowest BCUT2D eigenvalue weighted by Crippen LogP contribution is -2.80. The van der Waals surface area contributed by atoms with Crippen LogP contribution in [0, 0.1) is 0 Å². The number of carboxylic acids is 1. The van der Waals surface area contributed by atoms with Gasteiger partial charge in [0.25, 0.3) is 5.79 Å². The molecule has 0 aromatic heterocycles. The van der Waals surface area contributed by atoms with Crippen molar-refractivity contribution in [2.75, 3.05) is 26.1 Å². The molecule has 5 aliphatic rings. The highest BCUT2D eigenvalue weighted by Gasteiger charge is 2.71. The van der Waals surface area contributed by atoms with E-state index in [2.05, 4.69) is 5.32 Å². The summed E-state index contributed by atoms with van der Waals surface area (Å²) in [6.45, 7) is 0.236. The Morgan fingerprint density at radius 3 is 2.60 bits per heavy atom. The molecule has 0 aliphatic carbocycles. The number of phenols is 1. The molecule has 5 aliphatic heterocycles. The fourth-order valence-electron chi connectivity index (χ4n) is 7.60. The number of aliphatic carboxylic acids is 1. The smallest absolute Gasteiger partial charge is 0.339 e. The number of carbonyl (C=O) groups is 1. The second kappa shape index (κ2) is 9.54. The van der Waals surface area contributed by atoms with Gasteiger partial charge in [0, 0.05) is 11.1 Å². The topological polar surface area (TPSA) is 186 Å². The van der Waals surface area contributed by atoms with E-state index in [9.17, 15) is 30.3 Å². The lowest BCUT2D eigenvalue weighted by molar-refractivity contribution is -0.381. The lowest BCUT2D eigenvalue weighted by Gasteiger charge is -2.59. The molecular formula is C32H31NO12. The predicted octanol–water partition coefficient (Wildman–Crippen LogP) is 2.29. The molecule has 2 bridgehead atoms. The summed E-state index contributed by atoms with van der Waals surface area (Å²) < 4.78 is 36.7. The molecule has 5 heterocycles. The van der Waals surface area contributed by atoms with Crippen LogP contribution < -0.4 is 29.0 Å². The minimum absolute atomic E-state index is 0.0219. The molecule has 13 heteroatoms. The number of carboxylic acid groups (broad SMARTS) is 1. The molecule has 2 saturated heterocycles. The van der Waals surface area contributed by atoms with Gasteiger partial charge in [-0.25, -0.2) is 4.79 Å². The highest BCUT2D eigenvalue weighted by Crippen LogP contribution is 2.62. The van der Waals surface area contributed by atoms with Crippen LogP contribution in [-0.2, 0) is 9.53 Å². The Kier molecular flexibility index (Phi) is 5.95. The van der Waals surface area contributed by atoms with E-state index in [1.54, 1.807) is 44.6 Å². The number of hydrogen-bond donors (Lipinski definition) is 6. The third kappa shape index (κ3) is 3.60. The quantitative estimate of drug-likeness (QED) is 0.250. The van der Waals surface area contributed by atoms with Gasteiger partial charge in [0.1, 0.15) is 35.9 Å². The first kappa shape index (κ1) is 28.1. The van der Waals surface area contributed by atoms with Gasteiger partial charge < -0.3 is 59.3 Å². The van der Waals surface area contributed by atoms with E-state index in [4.69, 9.17) is 28.4 Å². The predicted molar refractivity (Wildman–Crippen MR) is 154 cm³/mol. The number of aliphatic hydroxyl groups is 3. The van der Waals surface area contributed by atoms with E-state index in [0.717, 1.165) is 5.56 Å². The molecule has 0 radical (unpaired) electrons. The van der Waals surface area contributed by atoms with Crippen LogP contribution in [-0.4, -0.2) is 88.1 Å². The second-order valence-electron chi connectivity index (χ2n) is 12.0. The summed E-state index contributed by atoms with van der Waals surface area (Å²) in [4.78, 5) is 12.4. The molecule has 8 atom stereocenters. The lowest BCUT2D eigenvalue weighted by atomic mass is 9.72. The average Bonchev–Trinajstić information content (AvgIpc) is 3.43. The minimum Gasteiger partial charge on any atom is -0.508 e. The van der Waals surface area contributed by atoms with E-state index in [1.165, 1.54) is 0 Å². The van der Waals surface area contributed by atoms with Crippen molar-refractivity contribution >= 4 is 11.7 Å². The number of aromatic hydroxyl groups is 1. The number of hydrogen-bond acceptors (Lipinski definition) is 12. The molecule has 8 rings (SSSR count). The molecule has 6 N–H and O–H groups in total. The molecule has 2 fully saturated rings. The number of anilines is 1. The maximum Gasteiger partial charge on any atom is 0.339 e. The first-order chi connectivity index (χ1) is 21.6. The maximum absolute atomic E-state index is 12.4. The number of nitrogens with one attached hydrogen (secondary N) is 1. The van der Waals surface area contributed by atoms with E-state index in [-0.39, 0.29) is 36.9 Å². The standard InChI is InChI=1S/C32H31NO12/c1-40-18-7-6-15-17-12-42-27-21(24(17)43-25(15)26(18)41-2)16(13-4-3-5-14(34)10-13)11-19-22(27)33-20-8-9-31(30(38)39)28(36)23(35)29(37)32(20,44-19)45-31/h3-7,10-11,17,20,23-24,28-29,33-37H,8-9,12H2,1-2H3,(H,38,39)/t17-,20+,23-,24+,28-,29+,31-,32+/m0/s1. The van der Waals surface area contributed by atoms with Gasteiger partial charge in [-0.1, -0.05) is 18.2 Å². The Labute approximate surface area is 256 Å². The van der Waals surface area contributed by atoms with Crippen molar-refractivity contribution in [2.45, 2.75) is 60.6 Å². The molecule has 3 aromatic carbocycles. The number of phenolic OH excluding ortho intramolecular Hbond substituents is 1. The molecule has 1 spiro atoms. The molecule has 0 unspecified atom stereocenters. The molecular weight excluding hydrogens is 590 g/mol. The number of ether oxygens (including phenoxy) is 6. The summed E-state index contributed by atoms with van der Waals surface area (Å²) in [5, 5.41) is 56.6. The first-order valence-corrected chi connectivity index (χ1v) is 14.6. The molecule has 13 nitrogen and oxygen atoms in total. The van der Waals surface area contributed by atoms with Crippen molar-refractivity contribution in [3.05, 3.63) is 53.6 Å². The molecule has 3 aromatic rings. The number of fused-ring (bicyclic) bond motifs is 8. The summed E-state index contributed by atoms with van der Waals surface area (Å²) in [5.74, 6) is -1.64. The van der Waals surface area contributed by atoms with Crippen molar-refractivity contribution in [2.24, 2.45) is 0 Å². The summed E-state index contributed by atoms with van der Waals surface area (Å²) >= 11 is 0. The zero-order chi connectivity index (χ0) is 31.4. The van der Waals surface area contributed by atoms with Crippen molar-refractivity contribution in [1.29, 1.82) is 0 Å². The van der Waals surface area contributed by atoms with Gasteiger partial charge in [0.15, 0.2) is 28.6 Å². The maximum atomic E-state index is 12.4. The summed E-state index contributed by atoms with van der Waals surface area (Å²) in [5.41, 5.74) is 0.992. The molecule has 236 valence electrons. The minimum atomic E-state index is -2.19. The Morgan fingerprint density at radius 2 is 1.87 bits per heavy atom. The Bertz CT molecular complexity index is 1750. The van der Waals surface area contributed by atoms with Crippen LogP contribution in [0.15, 0.2) is 42.5 Å². The second-order valence-corrected chi connectivity index (χ2v) is 12.0. The monoisotopic (exact) mass is 621 g/mol. The SMILES string of the molecule is COc1ccc2c(c1OC)O[C@H]1c3c(-c4cccc(O)c4)cc4c(c3OC[C@@H]21)N[C@@H]1CC[C@]2(C(=O)O)O[C@@]1(O4)[C@H](O)[C@@H](O)[C@@H]2O. The van der Waals surface area contributed by atoms with Gasteiger partial charge in [-0.2, -0.15) is 0 Å². The van der Waals surface area contributed by atoms with Crippen molar-refractivity contribution in [3.63, 3.8) is 0 Å². The van der Waals surface area contributed by atoms with Crippen LogP contribution in [0.1, 0.15) is 36.0 Å². The molecule has 0 saturated carbocycles. The Hall–Kier alpha value is -4.43. The van der Waals surface area contributed by atoms with Crippen LogP contribution in [0.2, 0.25) is 0 Å². The van der Waals surface area contributed by atoms with Crippen molar-refractivity contribution in [3.8, 4) is 45.6 Å². The van der Waals surface area contributed by atoms with Gasteiger partial charge in [-0.15, -0.1) is 0 Å². The highest BCUT2D eigenvalue weighted by molar-refractivity contribution is 5.84. The summed E-state index contributed by atoms with van der Waals surface area (Å²) in [6, 6.07) is 11.2. The summed E-state index contributed by atoms with van der Waals surface area (Å²) in [6.07, 6.45) is -6.11. The fraction of sp³-hybridized carbons (Fsp3) is 0.406. The molecule has 0 amide bonds. The first-order valence-electron chi connectivity index (χ1n) is 14.6. The normalized spacial score (nSPS) is 33.4. The molecule has 45 heavy (non-hydrogen) atoms. The van der Waals surface area contributed by atoms with Crippen LogP contribution in [0.25, 0.3) is 11.1 Å².